The molecule has 1 aromatic heterocycles. The standard InChI is InChI=1S/C19H16ClN3O2/c20-14-6-4-5-13(11-14)18-16-12-23(10-9-17(16)21-22-18)19(24)25-15-7-2-1-3-8-15/h1-8,11H,9-10,12H2,(H,21,22). The van der Waals surface area contributed by atoms with Gasteiger partial charge in [0, 0.05) is 34.8 Å². The Balaban J connectivity index is 1.56. The zero-order chi connectivity index (χ0) is 17.2. The Hall–Kier alpha value is -2.79. The summed E-state index contributed by atoms with van der Waals surface area (Å²) in [7, 11) is 0. The molecule has 1 aliphatic heterocycles. The number of para-hydroxylation sites is 1. The van der Waals surface area contributed by atoms with Gasteiger partial charge in [0.1, 0.15) is 5.75 Å². The summed E-state index contributed by atoms with van der Waals surface area (Å²) < 4.78 is 5.45. The Morgan fingerprint density at radius 1 is 1.16 bits per heavy atom. The lowest BCUT2D eigenvalue weighted by molar-refractivity contribution is 0.147. The van der Waals surface area contributed by atoms with E-state index in [4.69, 9.17) is 16.3 Å². The minimum absolute atomic E-state index is 0.352. The van der Waals surface area contributed by atoms with E-state index in [1.807, 2.05) is 42.5 Å². The van der Waals surface area contributed by atoms with Crippen molar-refractivity contribution in [1.29, 1.82) is 0 Å². The van der Waals surface area contributed by atoms with E-state index in [-0.39, 0.29) is 6.09 Å². The van der Waals surface area contributed by atoms with Crippen molar-refractivity contribution >= 4 is 17.7 Å². The molecule has 2 aromatic carbocycles. The van der Waals surface area contributed by atoms with Crippen molar-refractivity contribution in [3.63, 3.8) is 0 Å². The maximum atomic E-state index is 12.5. The monoisotopic (exact) mass is 353 g/mol. The molecule has 0 fully saturated rings. The van der Waals surface area contributed by atoms with Crippen LogP contribution in [-0.4, -0.2) is 27.7 Å². The molecule has 1 aliphatic rings. The molecule has 0 spiro atoms. The molecule has 0 saturated carbocycles. The van der Waals surface area contributed by atoms with E-state index in [1.165, 1.54) is 0 Å². The van der Waals surface area contributed by atoms with Gasteiger partial charge in [0.2, 0.25) is 0 Å². The summed E-state index contributed by atoms with van der Waals surface area (Å²) in [4.78, 5) is 14.1. The molecule has 0 atom stereocenters. The third-order valence-electron chi connectivity index (χ3n) is 4.24. The summed E-state index contributed by atoms with van der Waals surface area (Å²) in [5.74, 6) is 0.542. The Morgan fingerprint density at radius 2 is 2.00 bits per heavy atom. The van der Waals surface area contributed by atoms with Gasteiger partial charge < -0.3 is 9.64 Å². The van der Waals surface area contributed by atoms with Crippen molar-refractivity contribution in [2.75, 3.05) is 6.54 Å². The van der Waals surface area contributed by atoms with Gasteiger partial charge >= 0.3 is 6.09 Å². The van der Waals surface area contributed by atoms with Crippen molar-refractivity contribution in [3.8, 4) is 17.0 Å². The van der Waals surface area contributed by atoms with Crippen molar-refractivity contribution in [1.82, 2.24) is 15.1 Å². The predicted octanol–water partition coefficient (Wildman–Crippen LogP) is 4.29. The molecule has 126 valence electrons. The van der Waals surface area contributed by atoms with Gasteiger partial charge in [-0.3, -0.25) is 5.10 Å². The van der Waals surface area contributed by atoms with Crippen LogP contribution in [0.3, 0.4) is 0 Å². The zero-order valence-electron chi connectivity index (χ0n) is 13.4. The van der Waals surface area contributed by atoms with Crippen LogP contribution in [-0.2, 0) is 13.0 Å². The predicted molar refractivity (Wildman–Crippen MR) is 95.6 cm³/mol. The number of hydrogen-bond donors (Lipinski definition) is 1. The normalized spacial score (nSPS) is 13.4. The molecule has 1 N–H and O–H groups in total. The average molecular weight is 354 g/mol. The summed E-state index contributed by atoms with van der Waals surface area (Å²) in [5.41, 5.74) is 3.83. The number of carbonyl (C=O) groups is 1. The van der Waals surface area contributed by atoms with Gasteiger partial charge in [-0.1, -0.05) is 41.9 Å². The molecule has 6 heteroatoms. The van der Waals surface area contributed by atoms with Crippen LogP contribution in [0.5, 0.6) is 5.75 Å². The molecule has 5 nitrogen and oxygen atoms in total. The average Bonchev–Trinajstić information content (AvgIpc) is 3.05. The lowest BCUT2D eigenvalue weighted by Gasteiger charge is -2.26. The quantitative estimate of drug-likeness (QED) is 0.747. The molecule has 25 heavy (non-hydrogen) atoms. The molecule has 0 bridgehead atoms. The summed E-state index contributed by atoms with van der Waals surface area (Å²) in [6, 6.07) is 16.6. The maximum Gasteiger partial charge on any atom is 0.415 e. The third kappa shape index (κ3) is 3.23. The number of ether oxygens (including phenoxy) is 1. The summed E-state index contributed by atoms with van der Waals surface area (Å²) in [5, 5.41) is 8.16. The number of nitrogens with zero attached hydrogens (tertiary/aromatic N) is 2. The second kappa shape index (κ2) is 6.61. The van der Waals surface area contributed by atoms with Crippen LogP contribution in [0.15, 0.2) is 54.6 Å². The van der Waals surface area contributed by atoms with Gasteiger partial charge in [0.15, 0.2) is 0 Å². The summed E-state index contributed by atoms with van der Waals surface area (Å²) in [6.45, 7) is 1.05. The molecule has 4 rings (SSSR count). The highest BCUT2D eigenvalue weighted by atomic mass is 35.5. The van der Waals surface area contributed by atoms with Gasteiger partial charge in [0.05, 0.1) is 12.2 Å². The van der Waals surface area contributed by atoms with Gasteiger partial charge in [-0.25, -0.2) is 4.79 Å². The highest BCUT2D eigenvalue weighted by molar-refractivity contribution is 6.30. The molecule has 0 unspecified atom stereocenters. The van der Waals surface area contributed by atoms with Crippen LogP contribution in [0.25, 0.3) is 11.3 Å². The lowest BCUT2D eigenvalue weighted by atomic mass is 10.0. The second-order valence-electron chi connectivity index (χ2n) is 5.89. The van der Waals surface area contributed by atoms with E-state index in [2.05, 4.69) is 10.2 Å². The Labute approximate surface area is 150 Å². The number of aromatic nitrogens is 2. The molecule has 0 saturated heterocycles. The van der Waals surface area contributed by atoms with Gasteiger partial charge in [-0.05, 0) is 24.3 Å². The fraction of sp³-hybridized carbons (Fsp3) is 0.158. The summed E-state index contributed by atoms with van der Waals surface area (Å²) >= 11 is 6.09. The first-order valence-corrected chi connectivity index (χ1v) is 8.42. The largest absolute Gasteiger partial charge is 0.415 e. The van der Waals surface area contributed by atoms with Crippen molar-refractivity contribution in [2.45, 2.75) is 13.0 Å². The number of hydrogen-bond acceptors (Lipinski definition) is 3. The summed E-state index contributed by atoms with van der Waals surface area (Å²) in [6.07, 6.45) is 0.363. The molecule has 1 amide bonds. The van der Waals surface area contributed by atoms with Gasteiger partial charge in [-0.2, -0.15) is 5.10 Å². The third-order valence-corrected chi connectivity index (χ3v) is 4.47. The van der Waals surface area contributed by atoms with Gasteiger partial charge in [-0.15, -0.1) is 0 Å². The van der Waals surface area contributed by atoms with Crippen LogP contribution < -0.4 is 4.74 Å². The fourth-order valence-corrected chi connectivity index (χ4v) is 3.17. The van der Waals surface area contributed by atoms with Crippen molar-refractivity contribution in [3.05, 3.63) is 70.9 Å². The highest BCUT2D eigenvalue weighted by Gasteiger charge is 2.26. The smallest absolute Gasteiger partial charge is 0.410 e. The first-order valence-electron chi connectivity index (χ1n) is 8.04. The van der Waals surface area contributed by atoms with Crippen LogP contribution in [0, 0.1) is 0 Å². The first kappa shape index (κ1) is 15.7. The molecular weight excluding hydrogens is 338 g/mol. The van der Waals surface area contributed by atoms with Crippen LogP contribution in [0.1, 0.15) is 11.3 Å². The topological polar surface area (TPSA) is 58.2 Å². The van der Waals surface area contributed by atoms with E-state index >= 15 is 0 Å². The molecule has 3 aromatic rings. The molecule has 0 radical (unpaired) electrons. The number of H-pyrrole nitrogens is 1. The Morgan fingerprint density at radius 3 is 2.80 bits per heavy atom. The van der Waals surface area contributed by atoms with Crippen LogP contribution in [0.4, 0.5) is 4.79 Å². The fourth-order valence-electron chi connectivity index (χ4n) is 2.98. The number of amides is 1. The van der Waals surface area contributed by atoms with Crippen LogP contribution in [0.2, 0.25) is 5.02 Å². The zero-order valence-corrected chi connectivity index (χ0v) is 14.2. The van der Waals surface area contributed by atoms with Crippen molar-refractivity contribution in [2.24, 2.45) is 0 Å². The molecular formula is C19H16ClN3O2. The van der Waals surface area contributed by atoms with Crippen molar-refractivity contribution < 1.29 is 9.53 Å². The number of carbonyl (C=O) groups excluding carboxylic acids is 1. The van der Waals surface area contributed by atoms with E-state index in [1.54, 1.807) is 17.0 Å². The Kier molecular flexibility index (Phi) is 4.15. The number of nitrogens with one attached hydrogen (secondary N) is 1. The lowest BCUT2D eigenvalue weighted by Crippen LogP contribution is -2.37. The number of rotatable bonds is 2. The van der Waals surface area contributed by atoms with E-state index < -0.39 is 0 Å². The van der Waals surface area contributed by atoms with E-state index in [0.29, 0.717) is 30.3 Å². The number of aromatic amines is 1. The van der Waals surface area contributed by atoms with Gasteiger partial charge in [0.25, 0.3) is 0 Å². The number of halogens is 1. The molecule has 0 aliphatic carbocycles. The minimum Gasteiger partial charge on any atom is -0.410 e. The minimum atomic E-state index is -0.352. The molecule has 2 heterocycles. The Bertz CT molecular complexity index is 908. The number of fused-ring (bicyclic) bond motifs is 1. The highest BCUT2D eigenvalue weighted by Crippen LogP contribution is 2.30. The first-order chi connectivity index (χ1) is 12.2. The number of benzene rings is 2. The second-order valence-corrected chi connectivity index (χ2v) is 6.33. The van der Waals surface area contributed by atoms with E-state index in [0.717, 1.165) is 22.5 Å². The van der Waals surface area contributed by atoms with Crippen LogP contribution >= 0.6 is 11.6 Å². The van der Waals surface area contributed by atoms with E-state index in [9.17, 15) is 4.79 Å². The maximum absolute atomic E-state index is 12.5. The SMILES string of the molecule is O=C(Oc1ccccc1)N1CCc2[nH]nc(-c3cccc(Cl)c3)c2C1.